The third-order valence-electron chi connectivity index (χ3n) is 4.56. The highest BCUT2D eigenvalue weighted by molar-refractivity contribution is 5.51. The third-order valence-corrected chi connectivity index (χ3v) is 4.56. The second-order valence-corrected chi connectivity index (χ2v) is 6.41. The molecule has 0 fully saturated rings. The fraction of sp³-hybridized carbons (Fsp3) is 0.300. The van der Waals surface area contributed by atoms with Crippen LogP contribution in [0.4, 0.5) is 0 Å². The van der Waals surface area contributed by atoms with E-state index in [4.69, 9.17) is 9.47 Å². The van der Waals surface area contributed by atoms with Crippen LogP contribution in [0.1, 0.15) is 40.9 Å². The van der Waals surface area contributed by atoms with Gasteiger partial charge in [0.25, 0.3) is 11.1 Å². The highest BCUT2D eigenvalue weighted by atomic mass is 16.5. The summed E-state index contributed by atoms with van der Waals surface area (Å²) in [6.07, 6.45) is 1.65. The molecule has 28 heavy (non-hydrogen) atoms. The topological polar surface area (TPSA) is 116 Å². The standard InChI is InChI=1S/C20H24N4O4/c1-5-9-28-14-8-7-13(10-15(14)27-6-2)18(16-11(3)21-23-19(16)25)17-12(4)22-24-20(17)26/h5,7-8,10,18H,1,6,9H2,2-4H3,(H2,21,23,25)(H2,22,24,26). The van der Waals surface area contributed by atoms with Gasteiger partial charge in [0.1, 0.15) is 6.61 Å². The SMILES string of the molecule is C=CCOc1ccc(C(c2c(C)[nH][nH]c2=O)c2c(C)[nH][nH]c2=O)cc1OCC. The Kier molecular flexibility index (Phi) is 5.58. The molecule has 8 heteroatoms. The van der Waals surface area contributed by atoms with Gasteiger partial charge in [0.05, 0.1) is 17.7 Å². The first-order valence-electron chi connectivity index (χ1n) is 9.02. The van der Waals surface area contributed by atoms with Gasteiger partial charge in [-0.2, -0.15) is 0 Å². The molecule has 0 saturated carbocycles. The number of nitrogens with one attached hydrogen (secondary N) is 4. The number of hydrogen-bond acceptors (Lipinski definition) is 4. The predicted molar refractivity (Wildman–Crippen MR) is 107 cm³/mol. The third kappa shape index (κ3) is 3.53. The van der Waals surface area contributed by atoms with E-state index in [1.807, 2.05) is 19.1 Å². The van der Waals surface area contributed by atoms with E-state index in [0.717, 1.165) is 5.56 Å². The largest absolute Gasteiger partial charge is 0.490 e. The van der Waals surface area contributed by atoms with Gasteiger partial charge in [0.2, 0.25) is 0 Å². The molecule has 2 aromatic heterocycles. The Morgan fingerprint density at radius 2 is 1.57 bits per heavy atom. The van der Waals surface area contributed by atoms with Crippen LogP contribution >= 0.6 is 0 Å². The van der Waals surface area contributed by atoms with Crippen molar-refractivity contribution in [3.8, 4) is 11.5 Å². The molecule has 0 radical (unpaired) electrons. The summed E-state index contributed by atoms with van der Waals surface area (Å²) in [7, 11) is 0. The summed E-state index contributed by atoms with van der Waals surface area (Å²) in [5.74, 6) is 0.544. The van der Waals surface area contributed by atoms with Gasteiger partial charge in [0, 0.05) is 17.3 Å². The van der Waals surface area contributed by atoms with Gasteiger partial charge in [-0.05, 0) is 38.5 Å². The van der Waals surface area contributed by atoms with Crippen LogP contribution < -0.4 is 20.6 Å². The number of rotatable bonds is 8. The molecular formula is C20H24N4O4. The molecule has 0 amide bonds. The number of benzene rings is 1. The zero-order valence-electron chi connectivity index (χ0n) is 16.1. The minimum absolute atomic E-state index is 0.271. The first kappa shape index (κ1) is 19.3. The predicted octanol–water partition coefficient (Wildman–Crippen LogP) is 2.48. The minimum atomic E-state index is -0.572. The Morgan fingerprint density at radius 1 is 0.964 bits per heavy atom. The Bertz CT molecular complexity index is 1030. The molecule has 0 saturated heterocycles. The number of hydrogen-bond donors (Lipinski definition) is 4. The van der Waals surface area contributed by atoms with Crippen molar-refractivity contribution in [1.29, 1.82) is 0 Å². The van der Waals surface area contributed by atoms with E-state index in [1.165, 1.54) is 0 Å². The van der Waals surface area contributed by atoms with E-state index < -0.39 is 5.92 Å². The lowest BCUT2D eigenvalue weighted by Crippen LogP contribution is -2.20. The van der Waals surface area contributed by atoms with Crippen molar-refractivity contribution in [3.05, 3.63) is 79.6 Å². The first-order valence-corrected chi connectivity index (χ1v) is 9.02. The molecule has 148 valence electrons. The smallest absolute Gasteiger partial charge is 0.268 e. The van der Waals surface area contributed by atoms with Gasteiger partial charge in [-0.3, -0.25) is 19.8 Å². The zero-order valence-corrected chi connectivity index (χ0v) is 16.1. The van der Waals surface area contributed by atoms with E-state index in [1.54, 1.807) is 26.0 Å². The van der Waals surface area contributed by atoms with Crippen LogP contribution in [0.15, 0.2) is 40.4 Å². The molecule has 0 aliphatic rings. The molecule has 0 aliphatic carbocycles. The van der Waals surface area contributed by atoms with Crippen LogP contribution in [0.2, 0.25) is 0 Å². The molecule has 8 nitrogen and oxygen atoms in total. The fourth-order valence-electron chi connectivity index (χ4n) is 3.32. The summed E-state index contributed by atoms with van der Waals surface area (Å²) < 4.78 is 11.4. The molecule has 0 atom stereocenters. The first-order chi connectivity index (χ1) is 13.5. The van der Waals surface area contributed by atoms with E-state index >= 15 is 0 Å². The van der Waals surface area contributed by atoms with E-state index in [9.17, 15) is 9.59 Å². The van der Waals surface area contributed by atoms with Crippen LogP contribution in [0, 0.1) is 13.8 Å². The molecule has 1 aromatic carbocycles. The number of aromatic nitrogens is 4. The average Bonchev–Trinajstić information content (AvgIpc) is 3.18. The van der Waals surface area contributed by atoms with Crippen LogP contribution in [-0.4, -0.2) is 33.6 Å². The van der Waals surface area contributed by atoms with Crippen molar-refractivity contribution in [3.63, 3.8) is 0 Å². The minimum Gasteiger partial charge on any atom is -0.490 e. The monoisotopic (exact) mass is 384 g/mol. The van der Waals surface area contributed by atoms with Gasteiger partial charge >= 0.3 is 0 Å². The maximum atomic E-state index is 12.5. The second kappa shape index (κ2) is 8.08. The van der Waals surface area contributed by atoms with Gasteiger partial charge in [-0.15, -0.1) is 0 Å². The molecule has 0 bridgehead atoms. The number of H-pyrrole nitrogens is 4. The second-order valence-electron chi connectivity index (χ2n) is 6.41. The Labute approximate surface area is 161 Å². The maximum Gasteiger partial charge on any atom is 0.268 e. The summed E-state index contributed by atoms with van der Waals surface area (Å²) in [5.41, 5.74) is 2.50. The van der Waals surface area contributed by atoms with Crippen LogP contribution in [0.25, 0.3) is 0 Å². The van der Waals surface area contributed by atoms with Crippen molar-refractivity contribution in [2.24, 2.45) is 0 Å². The number of aromatic amines is 4. The normalized spacial score (nSPS) is 11.0. The van der Waals surface area contributed by atoms with E-state index in [0.29, 0.717) is 47.2 Å². The molecule has 3 rings (SSSR count). The average molecular weight is 384 g/mol. The molecule has 3 aromatic rings. The van der Waals surface area contributed by atoms with Crippen molar-refractivity contribution in [1.82, 2.24) is 20.4 Å². The lowest BCUT2D eigenvalue weighted by molar-refractivity contribution is 0.296. The molecule has 0 aliphatic heterocycles. The Balaban J connectivity index is 2.21. The van der Waals surface area contributed by atoms with Gasteiger partial charge in [-0.25, -0.2) is 0 Å². The maximum absolute atomic E-state index is 12.5. The molecule has 0 unspecified atom stereocenters. The van der Waals surface area contributed by atoms with Crippen molar-refractivity contribution in [2.45, 2.75) is 26.7 Å². The molecular weight excluding hydrogens is 360 g/mol. The van der Waals surface area contributed by atoms with Crippen molar-refractivity contribution < 1.29 is 9.47 Å². The Morgan fingerprint density at radius 3 is 2.04 bits per heavy atom. The van der Waals surface area contributed by atoms with E-state index in [-0.39, 0.29) is 11.1 Å². The summed E-state index contributed by atoms with van der Waals surface area (Å²) in [4.78, 5) is 25.0. The highest BCUT2D eigenvalue weighted by Crippen LogP contribution is 2.36. The number of aryl methyl sites for hydroxylation is 2. The molecule has 0 spiro atoms. The molecule has 2 heterocycles. The fourth-order valence-corrected chi connectivity index (χ4v) is 3.32. The van der Waals surface area contributed by atoms with Gasteiger partial charge < -0.3 is 19.7 Å². The summed E-state index contributed by atoms with van der Waals surface area (Å²) in [6, 6.07) is 5.43. The van der Waals surface area contributed by atoms with Crippen LogP contribution in [-0.2, 0) is 0 Å². The van der Waals surface area contributed by atoms with E-state index in [2.05, 4.69) is 27.0 Å². The van der Waals surface area contributed by atoms with Gasteiger partial charge in [0.15, 0.2) is 11.5 Å². The van der Waals surface area contributed by atoms with Crippen molar-refractivity contribution >= 4 is 0 Å². The van der Waals surface area contributed by atoms with Crippen LogP contribution in [0.3, 0.4) is 0 Å². The lowest BCUT2D eigenvalue weighted by atomic mass is 9.85. The Hall–Kier alpha value is -3.42. The summed E-state index contributed by atoms with van der Waals surface area (Å²) in [6.45, 7) is 9.91. The lowest BCUT2D eigenvalue weighted by Gasteiger charge is -2.18. The highest BCUT2D eigenvalue weighted by Gasteiger charge is 2.28. The quantitative estimate of drug-likeness (QED) is 0.447. The number of ether oxygens (including phenoxy) is 2. The zero-order chi connectivity index (χ0) is 20.3. The summed E-state index contributed by atoms with van der Waals surface area (Å²) in [5, 5.41) is 10.9. The molecule has 4 N–H and O–H groups in total. The summed E-state index contributed by atoms with van der Waals surface area (Å²) >= 11 is 0. The van der Waals surface area contributed by atoms with Crippen LogP contribution in [0.5, 0.6) is 11.5 Å². The van der Waals surface area contributed by atoms with Gasteiger partial charge in [-0.1, -0.05) is 18.7 Å². The van der Waals surface area contributed by atoms with Crippen molar-refractivity contribution in [2.75, 3.05) is 13.2 Å².